The molecule has 0 bridgehead atoms. The molecule has 2 aromatic carbocycles. The van der Waals surface area contributed by atoms with Crippen molar-refractivity contribution in [3.63, 3.8) is 0 Å². The molecular weight excluding hydrogens is 428 g/mol. The first kappa shape index (κ1) is 22.4. The predicted octanol–water partition coefficient (Wildman–Crippen LogP) is 5.36. The number of nitrogens with zero attached hydrogens (tertiary/aromatic N) is 1. The molecule has 6 nitrogen and oxygen atoms in total. The highest BCUT2D eigenvalue weighted by Gasteiger charge is 2.45. The number of rotatable bonds is 8. The maximum Gasteiger partial charge on any atom is 0.323 e. The number of carbonyl (C=O) groups excluding carboxylic acids is 3. The molecular formula is C28H28N2O4. The summed E-state index contributed by atoms with van der Waals surface area (Å²) in [5, 5.41) is 11.8. The maximum absolute atomic E-state index is 13.1. The Hall–Kier alpha value is -3.41. The summed E-state index contributed by atoms with van der Waals surface area (Å²) in [7, 11) is 0. The van der Waals surface area contributed by atoms with Crippen LogP contribution in [0.3, 0.4) is 0 Å². The number of fused-ring (bicyclic) bond motifs is 5. The predicted molar refractivity (Wildman–Crippen MR) is 130 cm³/mol. The number of oxime groups is 1. The van der Waals surface area contributed by atoms with Crippen molar-refractivity contribution in [1.82, 2.24) is 0 Å². The molecule has 2 aromatic rings. The quantitative estimate of drug-likeness (QED) is 0.328. The number of Topliss-reactive ketones (excluding diaryl/α,β-unsaturated/α-hetero) is 2. The van der Waals surface area contributed by atoms with Crippen LogP contribution in [0.15, 0.2) is 29.4 Å². The molecule has 3 aliphatic carbocycles. The summed E-state index contributed by atoms with van der Waals surface area (Å²) in [5.74, 6) is -0.357. The smallest absolute Gasteiger partial charge is 0.321 e. The van der Waals surface area contributed by atoms with Crippen LogP contribution in [-0.2, 0) is 27.9 Å². The summed E-state index contributed by atoms with van der Waals surface area (Å²) in [6.45, 7) is 4.58. The van der Waals surface area contributed by atoms with Gasteiger partial charge in [-0.05, 0) is 70.5 Å². The van der Waals surface area contributed by atoms with E-state index >= 15 is 0 Å². The van der Waals surface area contributed by atoms with E-state index in [4.69, 9.17) is 5.41 Å². The van der Waals surface area contributed by atoms with E-state index in [1.165, 1.54) is 5.56 Å². The van der Waals surface area contributed by atoms with E-state index in [0.29, 0.717) is 24.0 Å². The summed E-state index contributed by atoms with van der Waals surface area (Å²) in [6, 6.07) is 8.30. The second-order valence-corrected chi connectivity index (χ2v) is 9.63. The zero-order chi connectivity index (χ0) is 24.0. The van der Waals surface area contributed by atoms with E-state index in [1.807, 2.05) is 6.07 Å². The number of benzene rings is 2. The standard InChI is InChI=1S/C28H28N2O4/c1-3-5-7-28(8-6-4-2)22-13-18-16(11-24(29)26(18)32)9-20(22)21-10-17-12-25(30-34-15-31)27(33)19(17)14-23(21)28/h9-10,13-15,29H,3-8,11-12H2,1-2H3/b29-24?,30-25+. The summed E-state index contributed by atoms with van der Waals surface area (Å²) in [4.78, 5) is 40.9. The number of unbranched alkanes of at least 4 members (excludes halogenated alkanes) is 2. The summed E-state index contributed by atoms with van der Waals surface area (Å²) < 4.78 is 0. The third-order valence-electron chi connectivity index (χ3n) is 7.68. The second kappa shape index (κ2) is 8.42. The molecule has 34 heavy (non-hydrogen) atoms. The molecule has 0 radical (unpaired) electrons. The lowest BCUT2D eigenvalue weighted by Gasteiger charge is -2.33. The van der Waals surface area contributed by atoms with Crippen LogP contribution in [0.2, 0.25) is 0 Å². The molecule has 0 saturated carbocycles. The van der Waals surface area contributed by atoms with Gasteiger partial charge in [0, 0.05) is 29.4 Å². The van der Waals surface area contributed by atoms with Gasteiger partial charge in [0.2, 0.25) is 11.6 Å². The molecule has 174 valence electrons. The van der Waals surface area contributed by atoms with Crippen LogP contribution in [0.25, 0.3) is 11.1 Å². The van der Waals surface area contributed by atoms with Gasteiger partial charge in [-0.3, -0.25) is 14.4 Å². The average Bonchev–Trinajstić information content (AvgIpc) is 3.40. The fourth-order valence-electron chi connectivity index (χ4n) is 6.02. The number of nitrogens with one attached hydrogen (secondary N) is 1. The zero-order valence-electron chi connectivity index (χ0n) is 19.6. The molecule has 0 amide bonds. The van der Waals surface area contributed by atoms with E-state index in [1.54, 1.807) is 0 Å². The van der Waals surface area contributed by atoms with Gasteiger partial charge in [0.05, 0.1) is 5.71 Å². The molecule has 0 aromatic heterocycles. The highest BCUT2D eigenvalue weighted by Crippen LogP contribution is 2.56. The minimum absolute atomic E-state index is 0.155. The summed E-state index contributed by atoms with van der Waals surface area (Å²) in [5.41, 5.74) is 7.77. The third-order valence-corrected chi connectivity index (χ3v) is 7.68. The molecule has 0 atom stereocenters. The number of ketones is 2. The van der Waals surface area contributed by atoms with E-state index in [9.17, 15) is 14.4 Å². The molecule has 5 rings (SSSR count). The van der Waals surface area contributed by atoms with Gasteiger partial charge < -0.3 is 10.2 Å². The van der Waals surface area contributed by atoms with Gasteiger partial charge >= 0.3 is 6.47 Å². The van der Waals surface area contributed by atoms with Crippen molar-refractivity contribution in [2.45, 2.75) is 70.6 Å². The lowest BCUT2D eigenvalue weighted by atomic mass is 9.70. The van der Waals surface area contributed by atoms with Gasteiger partial charge in [0.25, 0.3) is 0 Å². The molecule has 6 heteroatoms. The molecule has 0 aliphatic heterocycles. The fraction of sp³-hybridized carbons (Fsp3) is 0.393. The second-order valence-electron chi connectivity index (χ2n) is 9.63. The molecule has 1 N–H and O–H groups in total. The molecule has 0 spiro atoms. The Morgan fingerprint density at radius 2 is 1.44 bits per heavy atom. The Morgan fingerprint density at radius 1 is 0.882 bits per heavy atom. The van der Waals surface area contributed by atoms with Crippen LogP contribution in [0.1, 0.15) is 95.3 Å². The van der Waals surface area contributed by atoms with Crippen LogP contribution in [0, 0.1) is 5.41 Å². The van der Waals surface area contributed by atoms with Gasteiger partial charge in [0.15, 0.2) is 0 Å². The van der Waals surface area contributed by atoms with E-state index in [0.717, 1.165) is 66.3 Å². The van der Waals surface area contributed by atoms with Crippen molar-refractivity contribution in [1.29, 1.82) is 5.41 Å². The van der Waals surface area contributed by atoms with Crippen molar-refractivity contribution >= 4 is 29.5 Å². The van der Waals surface area contributed by atoms with Crippen LogP contribution < -0.4 is 0 Å². The summed E-state index contributed by atoms with van der Waals surface area (Å²) >= 11 is 0. The fourth-order valence-corrected chi connectivity index (χ4v) is 6.02. The highest BCUT2D eigenvalue weighted by atomic mass is 16.7. The van der Waals surface area contributed by atoms with Crippen molar-refractivity contribution in [3.8, 4) is 11.1 Å². The average molecular weight is 457 g/mol. The minimum atomic E-state index is -0.273. The van der Waals surface area contributed by atoms with Crippen molar-refractivity contribution in [2.24, 2.45) is 5.16 Å². The number of carbonyl (C=O) groups is 3. The van der Waals surface area contributed by atoms with Crippen molar-refractivity contribution < 1.29 is 19.2 Å². The Morgan fingerprint density at radius 3 is 2.00 bits per heavy atom. The SMILES string of the molecule is CCCCC1(CCCC)c2cc3c(cc2-c2cc4c(cc21)C(=O)/C(=N/OC=O)C4)CC(=N)C3=O. The van der Waals surface area contributed by atoms with E-state index in [2.05, 4.69) is 42.0 Å². The Labute approximate surface area is 198 Å². The van der Waals surface area contributed by atoms with Crippen molar-refractivity contribution in [3.05, 3.63) is 57.6 Å². The molecule has 0 heterocycles. The van der Waals surface area contributed by atoms with E-state index in [-0.39, 0.29) is 34.9 Å². The normalized spacial score (nSPS) is 18.2. The lowest BCUT2D eigenvalue weighted by molar-refractivity contribution is -0.128. The van der Waals surface area contributed by atoms with Gasteiger partial charge in [-0.1, -0.05) is 44.7 Å². The Bertz CT molecular complexity index is 1280. The number of hydrogen-bond acceptors (Lipinski definition) is 6. The first-order chi connectivity index (χ1) is 16.4. The molecule has 0 saturated heterocycles. The Balaban J connectivity index is 1.74. The van der Waals surface area contributed by atoms with E-state index < -0.39 is 0 Å². The maximum atomic E-state index is 13.1. The first-order valence-electron chi connectivity index (χ1n) is 12.1. The van der Waals surface area contributed by atoms with Crippen LogP contribution in [0.4, 0.5) is 0 Å². The zero-order valence-corrected chi connectivity index (χ0v) is 19.6. The minimum Gasteiger partial charge on any atom is -0.321 e. The van der Waals surface area contributed by atoms with Gasteiger partial charge in [-0.15, -0.1) is 0 Å². The third kappa shape index (κ3) is 3.19. The molecule has 3 aliphatic rings. The van der Waals surface area contributed by atoms with Crippen LogP contribution >= 0.6 is 0 Å². The van der Waals surface area contributed by atoms with Crippen LogP contribution in [-0.4, -0.2) is 29.5 Å². The monoisotopic (exact) mass is 456 g/mol. The largest absolute Gasteiger partial charge is 0.323 e. The van der Waals surface area contributed by atoms with Gasteiger partial charge in [-0.25, -0.2) is 0 Å². The molecule has 0 unspecified atom stereocenters. The van der Waals surface area contributed by atoms with Crippen LogP contribution in [0.5, 0.6) is 0 Å². The van der Waals surface area contributed by atoms with Crippen molar-refractivity contribution in [2.75, 3.05) is 0 Å². The topological polar surface area (TPSA) is 96.7 Å². The van der Waals surface area contributed by atoms with Gasteiger partial charge in [-0.2, -0.15) is 0 Å². The summed E-state index contributed by atoms with van der Waals surface area (Å²) in [6.07, 6.45) is 6.76. The first-order valence-corrected chi connectivity index (χ1v) is 12.1. The lowest BCUT2D eigenvalue weighted by Crippen LogP contribution is -2.26. The van der Waals surface area contributed by atoms with Gasteiger partial charge in [0.1, 0.15) is 5.71 Å². The number of hydrogen-bond donors (Lipinski definition) is 1. The molecule has 0 fully saturated rings. The highest BCUT2D eigenvalue weighted by molar-refractivity contribution is 6.49. The Kier molecular flexibility index (Phi) is 5.54.